The number of ether oxygens (including phenoxy) is 1. The molecule has 0 heterocycles. The number of carbonyl (C=O) groups is 2. The fourth-order valence-electron chi connectivity index (χ4n) is 1.53. The number of hydrogen-bond acceptors (Lipinski definition) is 5. The van der Waals surface area contributed by atoms with Crippen LogP contribution in [-0.4, -0.2) is 23.1 Å². The summed E-state index contributed by atoms with van der Waals surface area (Å²) < 4.78 is 18.0. The Kier molecular flexibility index (Phi) is 5.65. The van der Waals surface area contributed by atoms with Crippen molar-refractivity contribution in [3.63, 3.8) is 0 Å². The van der Waals surface area contributed by atoms with Crippen LogP contribution in [0.15, 0.2) is 24.3 Å². The van der Waals surface area contributed by atoms with E-state index in [1.165, 1.54) is 13.8 Å². The maximum atomic E-state index is 12.7. The van der Waals surface area contributed by atoms with Crippen molar-refractivity contribution in [2.24, 2.45) is 0 Å². The molecule has 0 spiro atoms. The van der Waals surface area contributed by atoms with Gasteiger partial charge in [-0.25, -0.2) is 5.43 Å². The van der Waals surface area contributed by atoms with Crippen LogP contribution in [0.1, 0.15) is 40.2 Å². The number of benzene rings is 1. The van der Waals surface area contributed by atoms with Gasteiger partial charge in [-0.1, -0.05) is 12.1 Å². The van der Waals surface area contributed by atoms with Crippen LogP contribution >= 0.6 is 0 Å². The monoisotopic (exact) mass is 310 g/mol. The van der Waals surface area contributed by atoms with E-state index in [2.05, 4.69) is 10.9 Å². The van der Waals surface area contributed by atoms with Crippen molar-refractivity contribution < 1.29 is 18.7 Å². The quantitative estimate of drug-likeness (QED) is 0.480. The van der Waals surface area contributed by atoms with Gasteiger partial charge in [0.2, 0.25) is 0 Å². The summed E-state index contributed by atoms with van der Waals surface area (Å²) in [5.41, 5.74) is 5.00. The van der Waals surface area contributed by atoms with Gasteiger partial charge in [0, 0.05) is 5.69 Å². The molecule has 0 bridgehead atoms. The summed E-state index contributed by atoms with van der Waals surface area (Å²) >= 11 is 0. The van der Waals surface area contributed by atoms with Gasteiger partial charge in [0.25, 0.3) is 0 Å². The van der Waals surface area contributed by atoms with Gasteiger partial charge in [0.05, 0.1) is 6.42 Å². The molecule has 0 aromatic heterocycles. The summed E-state index contributed by atoms with van der Waals surface area (Å²) in [5, 5.41) is 0. The SMILES string of the molecule is CC(C)(C)OC(=O)Cc1ccc(NNC(C)(C)C(=O)F)cc1. The number of esters is 1. The lowest BCUT2D eigenvalue weighted by molar-refractivity contribution is -0.153. The number of rotatable bonds is 6. The first-order valence-corrected chi connectivity index (χ1v) is 7.03. The Bertz CT molecular complexity index is 533. The summed E-state index contributed by atoms with van der Waals surface area (Å²) in [7, 11) is 0. The molecule has 0 saturated heterocycles. The highest BCUT2D eigenvalue weighted by Gasteiger charge is 2.27. The molecule has 2 N–H and O–H groups in total. The van der Waals surface area contributed by atoms with E-state index in [1.807, 2.05) is 20.8 Å². The minimum atomic E-state index is -1.46. The van der Waals surface area contributed by atoms with Gasteiger partial charge < -0.3 is 10.2 Å². The van der Waals surface area contributed by atoms with Gasteiger partial charge in [0.15, 0.2) is 0 Å². The summed E-state index contributed by atoms with van der Waals surface area (Å²) in [5.74, 6) is -0.296. The summed E-state index contributed by atoms with van der Waals surface area (Å²) in [6.07, 6.45) is 0.180. The third kappa shape index (κ3) is 6.22. The molecule has 0 saturated carbocycles. The van der Waals surface area contributed by atoms with Crippen LogP contribution in [0.2, 0.25) is 0 Å². The molecule has 1 aromatic rings. The molecule has 0 atom stereocenters. The summed E-state index contributed by atoms with van der Waals surface area (Å²) in [4.78, 5) is 22.5. The first-order chi connectivity index (χ1) is 9.99. The number of hydrogen-bond donors (Lipinski definition) is 2. The standard InChI is InChI=1S/C16H23FN2O3/c1-15(2,3)22-13(20)10-11-6-8-12(9-7-11)18-19-16(4,5)14(17)21/h6-9,18-19H,10H2,1-5H3. The molecule has 0 radical (unpaired) electrons. The summed E-state index contributed by atoms with van der Waals surface area (Å²) in [6.45, 7) is 8.31. The molecule has 0 amide bonds. The Morgan fingerprint density at radius 1 is 1.09 bits per heavy atom. The van der Waals surface area contributed by atoms with Crippen LogP contribution in [-0.2, 0) is 20.7 Å². The second kappa shape index (κ2) is 6.87. The zero-order chi connectivity index (χ0) is 17.0. The number of nitrogens with one attached hydrogen (secondary N) is 2. The van der Waals surface area contributed by atoms with Gasteiger partial charge in [-0.05, 0) is 52.3 Å². The van der Waals surface area contributed by atoms with Crippen molar-refractivity contribution in [2.45, 2.75) is 52.2 Å². The smallest absolute Gasteiger partial charge is 0.322 e. The maximum absolute atomic E-state index is 12.7. The molecule has 122 valence electrons. The highest BCUT2D eigenvalue weighted by Crippen LogP contribution is 2.13. The molecule has 6 heteroatoms. The van der Waals surface area contributed by atoms with Crippen molar-refractivity contribution in [3.8, 4) is 0 Å². The number of carbonyl (C=O) groups excluding carboxylic acids is 2. The third-order valence-corrected chi connectivity index (χ3v) is 2.73. The van der Waals surface area contributed by atoms with Crippen molar-refractivity contribution >= 4 is 17.7 Å². The van der Waals surface area contributed by atoms with Gasteiger partial charge >= 0.3 is 12.0 Å². The van der Waals surface area contributed by atoms with Crippen LogP contribution in [0.25, 0.3) is 0 Å². The normalized spacial score (nSPS) is 11.9. The Labute approximate surface area is 130 Å². The van der Waals surface area contributed by atoms with Gasteiger partial charge in [-0.3, -0.25) is 9.59 Å². The lowest BCUT2D eigenvalue weighted by Crippen LogP contribution is -2.48. The second-order valence-corrected chi connectivity index (χ2v) is 6.61. The van der Waals surface area contributed by atoms with E-state index in [9.17, 15) is 14.0 Å². The van der Waals surface area contributed by atoms with E-state index in [0.29, 0.717) is 5.69 Å². The van der Waals surface area contributed by atoms with Crippen LogP contribution < -0.4 is 10.9 Å². The minimum Gasteiger partial charge on any atom is -0.460 e. The van der Waals surface area contributed by atoms with E-state index in [1.54, 1.807) is 24.3 Å². The maximum Gasteiger partial charge on any atom is 0.322 e. The molecular weight excluding hydrogens is 287 g/mol. The van der Waals surface area contributed by atoms with Crippen LogP contribution in [0.5, 0.6) is 0 Å². The van der Waals surface area contributed by atoms with Crippen molar-refractivity contribution in [1.82, 2.24) is 5.43 Å². The molecule has 22 heavy (non-hydrogen) atoms. The summed E-state index contributed by atoms with van der Waals surface area (Å²) in [6, 6.07) is 5.52. The van der Waals surface area contributed by atoms with E-state index in [0.717, 1.165) is 5.56 Å². The second-order valence-electron chi connectivity index (χ2n) is 6.61. The first kappa shape index (κ1) is 18.1. The van der Waals surface area contributed by atoms with E-state index < -0.39 is 17.2 Å². The fourth-order valence-corrected chi connectivity index (χ4v) is 1.53. The van der Waals surface area contributed by atoms with Crippen LogP contribution in [0.3, 0.4) is 0 Å². The Hall–Kier alpha value is -1.95. The van der Waals surface area contributed by atoms with Crippen molar-refractivity contribution in [2.75, 3.05) is 5.43 Å². The lowest BCUT2D eigenvalue weighted by atomic mass is 10.1. The molecule has 0 fully saturated rings. The average Bonchev–Trinajstić information content (AvgIpc) is 2.35. The highest BCUT2D eigenvalue weighted by molar-refractivity contribution is 5.78. The van der Waals surface area contributed by atoms with Crippen molar-refractivity contribution in [1.29, 1.82) is 0 Å². The predicted molar refractivity (Wildman–Crippen MR) is 82.9 cm³/mol. The molecule has 0 aliphatic carbocycles. The van der Waals surface area contributed by atoms with E-state index >= 15 is 0 Å². The average molecular weight is 310 g/mol. The van der Waals surface area contributed by atoms with Crippen LogP contribution in [0.4, 0.5) is 10.1 Å². The molecule has 0 aliphatic rings. The largest absolute Gasteiger partial charge is 0.460 e. The zero-order valence-electron chi connectivity index (χ0n) is 13.6. The Morgan fingerprint density at radius 2 is 1.64 bits per heavy atom. The molecule has 0 unspecified atom stereocenters. The zero-order valence-corrected chi connectivity index (χ0v) is 13.6. The van der Waals surface area contributed by atoms with E-state index in [-0.39, 0.29) is 12.4 Å². The van der Waals surface area contributed by atoms with Gasteiger partial charge in [0.1, 0.15) is 11.1 Å². The first-order valence-electron chi connectivity index (χ1n) is 7.03. The Balaban J connectivity index is 2.57. The van der Waals surface area contributed by atoms with Crippen LogP contribution in [0, 0.1) is 0 Å². The van der Waals surface area contributed by atoms with Crippen molar-refractivity contribution in [3.05, 3.63) is 29.8 Å². The minimum absolute atomic E-state index is 0.180. The van der Waals surface area contributed by atoms with Gasteiger partial charge in [-0.15, -0.1) is 0 Å². The number of halogens is 1. The molecule has 1 aromatic carbocycles. The highest BCUT2D eigenvalue weighted by atomic mass is 19.1. The predicted octanol–water partition coefficient (Wildman–Crippen LogP) is 2.76. The molecule has 5 nitrogen and oxygen atoms in total. The lowest BCUT2D eigenvalue weighted by Gasteiger charge is -2.21. The number of hydrazine groups is 1. The number of anilines is 1. The molecule has 1 rings (SSSR count). The van der Waals surface area contributed by atoms with E-state index in [4.69, 9.17) is 4.74 Å². The van der Waals surface area contributed by atoms with Gasteiger partial charge in [-0.2, -0.15) is 4.39 Å². The molecular formula is C16H23FN2O3. The molecule has 0 aliphatic heterocycles. The Morgan fingerprint density at radius 3 is 2.09 bits per heavy atom. The third-order valence-electron chi connectivity index (χ3n) is 2.73. The fraction of sp³-hybridized carbons (Fsp3) is 0.500. The topological polar surface area (TPSA) is 67.4 Å².